The van der Waals surface area contributed by atoms with Crippen LogP contribution in [0.1, 0.15) is 63.3 Å². The molecular formula is C28H43N3O6S. The van der Waals surface area contributed by atoms with E-state index in [1.165, 1.54) is 4.90 Å². The number of esters is 1. The van der Waals surface area contributed by atoms with Crippen molar-refractivity contribution >= 4 is 35.6 Å². The fraction of sp³-hybridized carbons (Fsp3) is 0.571. The van der Waals surface area contributed by atoms with Crippen LogP contribution in [-0.4, -0.2) is 72.1 Å². The van der Waals surface area contributed by atoms with Gasteiger partial charge in [0.15, 0.2) is 0 Å². The molecule has 0 radical (unpaired) electrons. The molecule has 0 bridgehead atoms. The van der Waals surface area contributed by atoms with Crippen LogP contribution >= 0.6 is 11.8 Å². The number of nitrogens with one attached hydrogen (secondary N) is 2. The maximum atomic E-state index is 14.0. The van der Waals surface area contributed by atoms with E-state index in [4.69, 9.17) is 9.47 Å². The third-order valence-corrected chi connectivity index (χ3v) is 6.16. The maximum Gasteiger partial charge on any atom is 0.408 e. The average molecular weight is 550 g/mol. The molecule has 2 unspecified atom stereocenters. The van der Waals surface area contributed by atoms with Crippen LogP contribution in [0.3, 0.4) is 0 Å². The van der Waals surface area contributed by atoms with Crippen molar-refractivity contribution in [1.82, 2.24) is 15.5 Å². The summed E-state index contributed by atoms with van der Waals surface area (Å²) in [6, 6.07) is 3.70. The van der Waals surface area contributed by atoms with Crippen LogP contribution in [0.15, 0.2) is 30.9 Å². The normalized spacial score (nSPS) is 12.6. The number of thioether (sulfide) groups is 1. The molecule has 2 N–H and O–H groups in total. The fourth-order valence-corrected chi connectivity index (χ4v) is 4.38. The molecule has 2 atom stereocenters. The van der Waals surface area contributed by atoms with Gasteiger partial charge >= 0.3 is 12.1 Å². The van der Waals surface area contributed by atoms with Crippen LogP contribution in [0.25, 0.3) is 0 Å². The Labute approximate surface area is 231 Å². The van der Waals surface area contributed by atoms with Crippen molar-refractivity contribution in [3.8, 4) is 0 Å². The van der Waals surface area contributed by atoms with Crippen LogP contribution in [0, 0.1) is 13.8 Å². The predicted octanol–water partition coefficient (Wildman–Crippen LogP) is 4.07. The lowest BCUT2D eigenvalue weighted by molar-refractivity contribution is -0.144. The van der Waals surface area contributed by atoms with Crippen molar-refractivity contribution in [2.24, 2.45) is 0 Å². The molecule has 0 aliphatic rings. The molecule has 212 valence electrons. The SMILES string of the molecule is C=CCN(C(=O)C(CCSC)NC(=O)OC(C)(C)C)C(C(=O)NCCC(=O)OCC)c1c(C)cccc1C. The first-order valence-electron chi connectivity index (χ1n) is 12.8. The number of carbonyl (C=O) groups is 4. The highest BCUT2D eigenvalue weighted by Gasteiger charge is 2.37. The van der Waals surface area contributed by atoms with Crippen LogP contribution < -0.4 is 10.6 Å². The Kier molecular flexibility index (Phi) is 14.0. The number of nitrogens with zero attached hydrogens (tertiary/aromatic N) is 1. The van der Waals surface area contributed by atoms with Gasteiger partial charge in [-0.2, -0.15) is 11.8 Å². The van der Waals surface area contributed by atoms with Gasteiger partial charge in [-0.05, 0) is 76.7 Å². The van der Waals surface area contributed by atoms with Crippen LogP contribution in [-0.2, 0) is 23.9 Å². The van der Waals surface area contributed by atoms with Crippen molar-refractivity contribution in [2.75, 3.05) is 31.7 Å². The zero-order valence-corrected chi connectivity index (χ0v) is 24.5. The van der Waals surface area contributed by atoms with Gasteiger partial charge in [0, 0.05) is 13.1 Å². The van der Waals surface area contributed by atoms with Gasteiger partial charge in [0.2, 0.25) is 11.8 Å². The van der Waals surface area contributed by atoms with Gasteiger partial charge in [-0.3, -0.25) is 14.4 Å². The van der Waals surface area contributed by atoms with Crippen molar-refractivity contribution in [2.45, 2.75) is 72.1 Å². The molecule has 0 aromatic heterocycles. The second kappa shape index (κ2) is 16.1. The third kappa shape index (κ3) is 10.8. The first kappa shape index (κ1) is 33.0. The summed E-state index contributed by atoms with van der Waals surface area (Å²) in [4.78, 5) is 53.5. The van der Waals surface area contributed by atoms with E-state index in [0.29, 0.717) is 17.7 Å². The van der Waals surface area contributed by atoms with Gasteiger partial charge in [-0.15, -0.1) is 6.58 Å². The molecule has 0 aliphatic heterocycles. The molecule has 10 heteroatoms. The van der Waals surface area contributed by atoms with E-state index in [1.54, 1.807) is 45.5 Å². The first-order chi connectivity index (χ1) is 17.9. The van der Waals surface area contributed by atoms with Gasteiger partial charge in [0.05, 0.1) is 13.0 Å². The largest absolute Gasteiger partial charge is 0.466 e. The van der Waals surface area contributed by atoms with Gasteiger partial charge in [0.25, 0.3) is 0 Å². The number of alkyl carbamates (subject to hydrolysis) is 1. The summed E-state index contributed by atoms with van der Waals surface area (Å²) in [6.45, 7) is 14.9. The topological polar surface area (TPSA) is 114 Å². The number of hydrogen-bond donors (Lipinski definition) is 2. The van der Waals surface area contributed by atoms with Gasteiger partial charge < -0.3 is 25.0 Å². The van der Waals surface area contributed by atoms with E-state index in [2.05, 4.69) is 17.2 Å². The molecule has 1 aromatic rings. The standard InChI is InChI=1S/C28H43N3O6S/c1-9-17-31(26(34)21(15-18-38-8)30-27(35)37-28(5,6)7)24(23-19(3)12-11-13-20(23)4)25(33)29-16-14-22(32)36-10-2/h9,11-13,21,24H,1,10,14-18H2,2-8H3,(H,29,33)(H,30,35). The monoisotopic (exact) mass is 549 g/mol. The lowest BCUT2D eigenvalue weighted by atomic mass is 9.93. The number of benzene rings is 1. The van der Waals surface area contributed by atoms with Gasteiger partial charge in [-0.25, -0.2) is 4.79 Å². The molecule has 9 nitrogen and oxygen atoms in total. The Bertz CT molecular complexity index is 956. The highest BCUT2D eigenvalue weighted by Crippen LogP contribution is 2.29. The van der Waals surface area contributed by atoms with Crippen molar-refractivity contribution in [3.05, 3.63) is 47.5 Å². The molecule has 0 spiro atoms. The summed E-state index contributed by atoms with van der Waals surface area (Å²) in [7, 11) is 0. The summed E-state index contributed by atoms with van der Waals surface area (Å²) >= 11 is 1.54. The van der Waals surface area contributed by atoms with Crippen LogP contribution in [0.2, 0.25) is 0 Å². The molecule has 38 heavy (non-hydrogen) atoms. The molecular weight excluding hydrogens is 506 g/mol. The second-order valence-electron chi connectivity index (χ2n) is 9.81. The minimum atomic E-state index is -1.01. The van der Waals surface area contributed by atoms with E-state index in [0.717, 1.165) is 11.1 Å². The number of aryl methyl sites for hydroxylation is 2. The summed E-state index contributed by atoms with van der Waals surface area (Å²) in [6.07, 6.45) is 3.09. The number of rotatable bonds is 14. The highest BCUT2D eigenvalue weighted by atomic mass is 32.2. The quantitative estimate of drug-likeness (QED) is 0.266. The summed E-state index contributed by atoms with van der Waals surface area (Å²) in [5, 5.41) is 5.49. The van der Waals surface area contributed by atoms with E-state index >= 15 is 0 Å². The average Bonchev–Trinajstić information content (AvgIpc) is 2.81. The Morgan fingerprint density at radius 2 is 1.79 bits per heavy atom. The molecule has 1 rings (SSSR count). The molecule has 0 saturated carbocycles. The Balaban J connectivity index is 3.43. The van der Waals surface area contributed by atoms with Crippen molar-refractivity contribution in [3.63, 3.8) is 0 Å². The summed E-state index contributed by atoms with van der Waals surface area (Å²) in [5.74, 6) is -0.691. The second-order valence-corrected chi connectivity index (χ2v) is 10.8. The Hall–Kier alpha value is -3.01. The van der Waals surface area contributed by atoms with Gasteiger partial charge in [-0.1, -0.05) is 24.3 Å². The lowest BCUT2D eigenvalue weighted by Gasteiger charge is -2.35. The maximum absolute atomic E-state index is 14.0. The lowest BCUT2D eigenvalue weighted by Crippen LogP contribution is -2.53. The minimum absolute atomic E-state index is 0.00497. The molecule has 0 fully saturated rings. The highest BCUT2D eigenvalue weighted by molar-refractivity contribution is 7.98. The van der Waals surface area contributed by atoms with Crippen LogP contribution in [0.4, 0.5) is 4.79 Å². The van der Waals surface area contributed by atoms with Crippen molar-refractivity contribution in [1.29, 1.82) is 0 Å². The molecule has 1 aromatic carbocycles. The minimum Gasteiger partial charge on any atom is -0.466 e. The number of hydrogen-bond acceptors (Lipinski definition) is 7. The smallest absolute Gasteiger partial charge is 0.408 e. The Morgan fingerprint density at radius 1 is 1.16 bits per heavy atom. The zero-order chi connectivity index (χ0) is 28.9. The van der Waals surface area contributed by atoms with E-state index in [-0.39, 0.29) is 26.1 Å². The Morgan fingerprint density at radius 3 is 2.32 bits per heavy atom. The molecule has 0 aliphatic carbocycles. The molecule has 0 heterocycles. The number of ether oxygens (including phenoxy) is 2. The van der Waals surface area contributed by atoms with Gasteiger partial charge in [0.1, 0.15) is 17.7 Å². The predicted molar refractivity (Wildman–Crippen MR) is 151 cm³/mol. The molecule has 3 amide bonds. The summed E-state index contributed by atoms with van der Waals surface area (Å²) in [5.41, 5.74) is 1.60. The summed E-state index contributed by atoms with van der Waals surface area (Å²) < 4.78 is 10.3. The first-order valence-corrected chi connectivity index (χ1v) is 14.1. The third-order valence-electron chi connectivity index (χ3n) is 5.52. The number of amides is 3. The van der Waals surface area contributed by atoms with E-state index in [9.17, 15) is 19.2 Å². The van der Waals surface area contributed by atoms with Crippen LogP contribution in [0.5, 0.6) is 0 Å². The van der Waals surface area contributed by atoms with E-state index in [1.807, 2.05) is 38.3 Å². The fourth-order valence-electron chi connectivity index (χ4n) is 3.91. The van der Waals surface area contributed by atoms with E-state index < -0.39 is 41.6 Å². The van der Waals surface area contributed by atoms with Crippen molar-refractivity contribution < 1.29 is 28.7 Å². The molecule has 0 saturated heterocycles. The number of carbonyl (C=O) groups excluding carboxylic acids is 4. The zero-order valence-electron chi connectivity index (χ0n) is 23.7.